The Labute approximate surface area is 147 Å². The van der Waals surface area contributed by atoms with Crippen LogP contribution in [0.3, 0.4) is 0 Å². The van der Waals surface area contributed by atoms with Crippen LogP contribution in [0.5, 0.6) is 0 Å². The molecule has 0 bridgehead atoms. The van der Waals surface area contributed by atoms with Gasteiger partial charge in [-0.1, -0.05) is 12.8 Å². The Bertz CT molecular complexity index is 611. The average molecular weight is 350 g/mol. The number of nitrogens with one attached hydrogen (secondary N) is 1. The molecule has 1 spiro atoms. The molecule has 2 aliphatic carbocycles. The van der Waals surface area contributed by atoms with Crippen molar-refractivity contribution < 1.29 is 9.53 Å². The van der Waals surface area contributed by atoms with Crippen LogP contribution < -0.4 is 5.32 Å². The van der Waals surface area contributed by atoms with Gasteiger partial charge in [0.25, 0.3) is 0 Å². The van der Waals surface area contributed by atoms with E-state index in [4.69, 9.17) is 4.74 Å². The third-order valence-corrected chi connectivity index (χ3v) is 7.21. The minimum Gasteiger partial charge on any atom is -0.377 e. The predicted octanol–water partition coefficient (Wildman–Crippen LogP) is 2.98. The van der Waals surface area contributed by atoms with E-state index in [1.54, 1.807) is 11.3 Å². The molecular weight excluding hydrogens is 322 g/mol. The summed E-state index contributed by atoms with van der Waals surface area (Å²) in [7, 11) is 1.89. The van der Waals surface area contributed by atoms with Crippen molar-refractivity contribution in [2.75, 3.05) is 20.2 Å². The summed E-state index contributed by atoms with van der Waals surface area (Å²) in [6.07, 6.45) is 9.19. The van der Waals surface area contributed by atoms with Crippen molar-refractivity contribution in [3.05, 3.63) is 16.1 Å². The van der Waals surface area contributed by atoms with E-state index in [9.17, 15) is 4.79 Å². The number of urea groups is 1. The van der Waals surface area contributed by atoms with E-state index in [0.29, 0.717) is 24.6 Å². The van der Waals surface area contributed by atoms with Crippen LogP contribution in [0.2, 0.25) is 0 Å². The number of carbonyl (C=O) groups is 1. The second kappa shape index (κ2) is 6.30. The smallest absolute Gasteiger partial charge is 0.317 e. The molecule has 3 unspecified atom stereocenters. The van der Waals surface area contributed by atoms with E-state index in [1.165, 1.54) is 30.6 Å². The Balaban J connectivity index is 1.34. The van der Waals surface area contributed by atoms with Gasteiger partial charge < -0.3 is 15.0 Å². The molecule has 1 aromatic rings. The zero-order valence-corrected chi connectivity index (χ0v) is 15.4. The summed E-state index contributed by atoms with van der Waals surface area (Å²) in [4.78, 5) is 20.1. The Hall–Kier alpha value is -1.14. The van der Waals surface area contributed by atoms with Crippen LogP contribution in [-0.4, -0.2) is 48.3 Å². The molecule has 0 aromatic carbocycles. The molecule has 3 atom stereocenters. The van der Waals surface area contributed by atoms with Crippen LogP contribution >= 0.6 is 11.3 Å². The first kappa shape index (κ1) is 16.3. The second-order valence-corrected chi connectivity index (χ2v) is 8.97. The van der Waals surface area contributed by atoms with E-state index in [0.717, 1.165) is 24.5 Å². The van der Waals surface area contributed by atoms with E-state index >= 15 is 0 Å². The molecule has 0 radical (unpaired) electrons. The number of likely N-dealkylation sites (N-methyl/N-ethyl adjacent to an activating group) is 1. The highest BCUT2D eigenvalue weighted by Crippen LogP contribution is 2.60. The van der Waals surface area contributed by atoms with Crippen LogP contribution in [0.25, 0.3) is 0 Å². The van der Waals surface area contributed by atoms with Crippen LogP contribution in [0, 0.1) is 18.3 Å². The monoisotopic (exact) mass is 349 g/mol. The first-order valence-corrected chi connectivity index (χ1v) is 9.96. The van der Waals surface area contributed by atoms with Crippen molar-refractivity contribution in [3.63, 3.8) is 0 Å². The van der Waals surface area contributed by atoms with Crippen molar-refractivity contribution in [3.8, 4) is 0 Å². The van der Waals surface area contributed by atoms with Crippen molar-refractivity contribution >= 4 is 17.4 Å². The van der Waals surface area contributed by atoms with Gasteiger partial charge in [-0.2, -0.15) is 0 Å². The molecule has 4 rings (SSSR count). The molecule has 1 aliphatic heterocycles. The van der Waals surface area contributed by atoms with E-state index in [1.807, 2.05) is 18.1 Å². The number of ether oxygens (including phenoxy) is 1. The quantitative estimate of drug-likeness (QED) is 0.909. The zero-order chi connectivity index (χ0) is 16.7. The second-order valence-electron chi connectivity index (χ2n) is 7.65. The molecule has 2 heterocycles. The molecule has 2 saturated carbocycles. The lowest BCUT2D eigenvalue weighted by Gasteiger charge is -2.56. The maximum atomic E-state index is 12.7. The van der Waals surface area contributed by atoms with Gasteiger partial charge in [0.2, 0.25) is 0 Å². The summed E-state index contributed by atoms with van der Waals surface area (Å²) in [5.74, 6) is 0.530. The average Bonchev–Trinajstić information content (AvgIpc) is 3.29. The highest BCUT2D eigenvalue weighted by atomic mass is 32.1. The fourth-order valence-corrected chi connectivity index (χ4v) is 5.81. The van der Waals surface area contributed by atoms with E-state index < -0.39 is 0 Å². The van der Waals surface area contributed by atoms with Crippen LogP contribution in [0.15, 0.2) is 6.20 Å². The molecule has 3 aliphatic rings. The number of hydrogen-bond donors (Lipinski definition) is 1. The normalized spacial score (nSPS) is 30.2. The third kappa shape index (κ3) is 2.64. The molecule has 2 amide bonds. The molecule has 1 saturated heterocycles. The minimum atomic E-state index is 0.0601. The van der Waals surface area contributed by atoms with Crippen LogP contribution in [-0.2, 0) is 11.2 Å². The number of hydrogen-bond acceptors (Lipinski definition) is 4. The van der Waals surface area contributed by atoms with Gasteiger partial charge in [0.15, 0.2) is 0 Å². The first-order valence-electron chi connectivity index (χ1n) is 9.15. The highest BCUT2D eigenvalue weighted by molar-refractivity contribution is 7.11. The molecule has 1 N–H and O–H groups in total. The maximum Gasteiger partial charge on any atom is 0.317 e. The van der Waals surface area contributed by atoms with Crippen LogP contribution in [0.1, 0.15) is 42.0 Å². The van der Waals surface area contributed by atoms with Gasteiger partial charge in [0.1, 0.15) is 0 Å². The Morgan fingerprint density at radius 3 is 3.00 bits per heavy atom. The summed E-state index contributed by atoms with van der Waals surface area (Å²) in [5.41, 5.74) is 0.226. The lowest BCUT2D eigenvalue weighted by molar-refractivity contribution is -0.126. The van der Waals surface area contributed by atoms with Crippen molar-refractivity contribution in [1.82, 2.24) is 15.2 Å². The fourth-order valence-electron chi connectivity index (χ4n) is 5.03. The number of carbonyl (C=O) groups excluding carboxylic acids is 1. The van der Waals surface area contributed by atoms with Crippen LogP contribution in [0.4, 0.5) is 4.79 Å². The predicted molar refractivity (Wildman–Crippen MR) is 94.3 cm³/mol. The molecule has 24 heavy (non-hydrogen) atoms. The number of fused-ring (bicyclic) bond motifs is 2. The third-order valence-electron chi connectivity index (χ3n) is 6.24. The maximum absolute atomic E-state index is 12.7. The number of aromatic nitrogens is 1. The van der Waals surface area contributed by atoms with Crippen molar-refractivity contribution in [2.24, 2.45) is 11.3 Å². The lowest BCUT2D eigenvalue weighted by Crippen LogP contribution is -2.69. The number of thiazole rings is 1. The SMILES string of the molecule is Cc1cnc(CCN(C)C(=O)NC2C3CCOC3C23CCCC3)s1. The zero-order valence-electron chi connectivity index (χ0n) is 14.6. The Morgan fingerprint density at radius 1 is 1.50 bits per heavy atom. The van der Waals surface area contributed by atoms with Crippen molar-refractivity contribution in [1.29, 1.82) is 0 Å². The molecule has 1 aromatic heterocycles. The fraction of sp³-hybridized carbons (Fsp3) is 0.778. The topological polar surface area (TPSA) is 54.5 Å². The van der Waals surface area contributed by atoms with Gasteiger partial charge in [-0.15, -0.1) is 11.3 Å². The van der Waals surface area contributed by atoms with E-state index in [2.05, 4.69) is 17.2 Å². The largest absolute Gasteiger partial charge is 0.377 e. The molecular formula is C18H27N3O2S. The Kier molecular flexibility index (Phi) is 4.29. The number of aryl methyl sites for hydroxylation is 1. The van der Waals surface area contributed by atoms with Gasteiger partial charge in [0, 0.05) is 55.1 Å². The molecule has 5 nitrogen and oxygen atoms in total. The van der Waals surface area contributed by atoms with Gasteiger partial charge in [-0.3, -0.25) is 0 Å². The van der Waals surface area contributed by atoms with Gasteiger partial charge in [-0.05, 0) is 26.2 Å². The first-order chi connectivity index (χ1) is 11.6. The Morgan fingerprint density at radius 2 is 2.29 bits per heavy atom. The van der Waals surface area contributed by atoms with Gasteiger partial charge >= 0.3 is 6.03 Å². The lowest BCUT2D eigenvalue weighted by atomic mass is 9.54. The molecule has 3 fully saturated rings. The number of nitrogens with zero attached hydrogens (tertiary/aromatic N) is 2. The minimum absolute atomic E-state index is 0.0601. The van der Waals surface area contributed by atoms with Crippen molar-refractivity contribution in [2.45, 2.75) is 57.6 Å². The summed E-state index contributed by atoms with van der Waals surface area (Å²) >= 11 is 1.71. The summed E-state index contributed by atoms with van der Waals surface area (Å²) in [5, 5.41) is 4.46. The van der Waals surface area contributed by atoms with Gasteiger partial charge in [-0.25, -0.2) is 9.78 Å². The van der Waals surface area contributed by atoms with E-state index in [-0.39, 0.29) is 11.4 Å². The molecule has 132 valence electrons. The number of amides is 2. The van der Waals surface area contributed by atoms with Gasteiger partial charge in [0.05, 0.1) is 11.1 Å². The summed E-state index contributed by atoms with van der Waals surface area (Å²) in [6, 6.07) is 0.370. The summed E-state index contributed by atoms with van der Waals surface area (Å²) < 4.78 is 6.00. The highest BCUT2D eigenvalue weighted by Gasteiger charge is 2.65. The molecule has 6 heteroatoms. The number of rotatable bonds is 4. The standard InChI is InChI=1S/C18H27N3O2S/c1-12-11-19-14(24-12)5-9-21(2)17(22)20-15-13-6-10-23-16(13)18(15)7-3-4-8-18/h11,13,15-16H,3-10H2,1-2H3,(H,20,22). The summed E-state index contributed by atoms with van der Waals surface area (Å²) in [6.45, 7) is 3.64.